The van der Waals surface area contributed by atoms with E-state index in [0.29, 0.717) is 12.2 Å². The summed E-state index contributed by atoms with van der Waals surface area (Å²) in [5.41, 5.74) is 2.86. The molecule has 0 radical (unpaired) electrons. The first kappa shape index (κ1) is 10.6. The Hall–Kier alpha value is -0.120. The molecule has 92 valence electrons. The molecular formula is C15H12Br2O. The van der Waals surface area contributed by atoms with E-state index in [1.54, 1.807) is 0 Å². The fraction of sp³-hybridized carbons (Fsp3) is 0.467. The number of allylic oxidation sites excluding steroid dienone is 2. The second-order valence-electron chi connectivity index (χ2n) is 5.98. The lowest BCUT2D eigenvalue weighted by Gasteiger charge is -2.30. The highest BCUT2D eigenvalue weighted by molar-refractivity contribution is 9.13. The van der Waals surface area contributed by atoms with Gasteiger partial charge in [0.15, 0.2) is 0 Å². The van der Waals surface area contributed by atoms with Crippen molar-refractivity contribution >= 4 is 31.9 Å². The van der Waals surface area contributed by atoms with Crippen molar-refractivity contribution in [2.45, 2.75) is 18.6 Å². The summed E-state index contributed by atoms with van der Waals surface area (Å²) >= 11 is 7.23. The first-order valence-corrected chi connectivity index (χ1v) is 8.15. The molecule has 1 saturated carbocycles. The summed E-state index contributed by atoms with van der Waals surface area (Å²) in [5.74, 6) is 3.02. The van der Waals surface area contributed by atoms with Crippen LogP contribution in [0.2, 0.25) is 0 Å². The number of benzene rings is 1. The lowest BCUT2D eigenvalue weighted by molar-refractivity contribution is 0.0424. The topological polar surface area (TPSA) is 9.23 Å². The number of fused-ring (bicyclic) bond motifs is 12. The van der Waals surface area contributed by atoms with Gasteiger partial charge in [0.1, 0.15) is 0 Å². The average Bonchev–Trinajstić information content (AvgIpc) is 3.05. The van der Waals surface area contributed by atoms with Gasteiger partial charge in [-0.15, -0.1) is 0 Å². The summed E-state index contributed by atoms with van der Waals surface area (Å²) in [4.78, 5) is 0. The number of hydrogen-bond acceptors (Lipinski definition) is 1. The second kappa shape index (κ2) is 3.31. The lowest BCUT2D eigenvalue weighted by Crippen LogP contribution is -2.25. The van der Waals surface area contributed by atoms with E-state index in [2.05, 4.69) is 56.1 Å². The first-order chi connectivity index (χ1) is 8.74. The van der Waals surface area contributed by atoms with Crippen LogP contribution in [-0.2, 0) is 4.74 Å². The van der Waals surface area contributed by atoms with Crippen molar-refractivity contribution in [2.75, 3.05) is 0 Å². The Labute approximate surface area is 123 Å². The Kier molecular flexibility index (Phi) is 1.95. The molecular weight excluding hydrogens is 356 g/mol. The molecule has 2 aliphatic heterocycles. The zero-order valence-corrected chi connectivity index (χ0v) is 12.8. The Balaban J connectivity index is 1.71. The Morgan fingerprint density at radius 2 is 1.39 bits per heavy atom. The van der Waals surface area contributed by atoms with Crippen molar-refractivity contribution in [3.05, 3.63) is 44.4 Å². The fourth-order valence-electron chi connectivity index (χ4n) is 4.72. The zero-order valence-electron chi connectivity index (χ0n) is 9.64. The van der Waals surface area contributed by atoms with Crippen LogP contribution in [0.15, 0.2) is 33.2 Å². The zero-order chi connectivity index (χ0) is 12.0. The van der Waals surface area contributed by atoms with Gasteiger partial charge in [-0.1, -0.05) is 12.2 Å². The third kappa shape index (κ3) is 1.09. The molecule has 4 bridgehead atoms. The van der Waals surface area contributed by atoms with E-state index in [1.165, 1.54) is 17.5 Å². The fourth-order valence-corrected chi connectivity index (χ4v) is 5.44. The van der Waals surface area contributed by atoms with Gasteiger partial charge in [-0.25, -0.2) is 0 Å². The van der Waals surface area contributed by atoms with Crippen molar-refractivity contribution in [2.24, 2.45) is 23.7 Å². The van der Waals surface area contributed by atoms with Crippen molar-refractivity contribution in [3.8, 4) is 0 Å². The molecule has 5 rings (SSSR count). The second-order valence-corrected chi connectivity index (χ2v) is 7.68. The van der Waals surface area contributed by atoms with Gasteiger partial charge in [-0.3, -0.25) is 0 Å². The van der Waals surface area contributed by atoms with Crippen LogP contribution in [-0.4, -0.2) is 0 Å². The van der Waals surface area contributed by atoms with E-state index >= 15 is 0 Å². The SMILES string of the molecule is Brc1cc2c(cc1Br)[C@@H]1O[C@H]2[C@@H]2[C@H]1[C@@H]1C=C[C@H]2C1. The van der Waals surface area contributed by atoms with Gasteiger partial charge in [0.2, 0.25) is 0 Å². The molecule has 1 aromatic carbocycles. The van der Waals surface area contributed by atoms with Crippen LogP contribution in [0.3, 0.4) is 0 Å². The number of hydrogen-bond donors (Lipinski definition) is 0. The summed E-state index contributed by atoms with van der Waals surface area (Å²) in [6.45, 7) is 0. The summed E-state index contributed by atoms with van der Waals surface area (Å²) < 4.78 is 8.61. The molecule has 1 nitrogen and oxygen atoms in total. The van der Waals surface area contributed by atoms with Gasteiger partial charge in [-0.2, -0.15) is 0 Å². The lowest BCUT2D eigenvalue weighted by atomic mass is 9.71. The summed E-state index contributed by atoms with van der Waals surface area (Å²) in [7, 11) is 0. The Morgan fingerprint density at radius 1 is 0.889 bits per heavy atom. The Morgan fingerprint density at radius 3 is 1.89 bits per heavy atom. The largest absolute Gasteiger partial charge is 0.365 e. The molecule has 2 aliphatic carbocycles. The van der Waals surface area contributed by atoms with Gasteiger partial charge >= 0.3 is 0 Å². The van der Waals surface area contributed by atoms with Gasteiger partial charge in [0.05, 0.1) is 12.2 Å². The van der Waals surface area contributed by atoms with Crippen molar-refractivity contribution in [1.29, 1.82) is 0 Å². The van der Waals surface area contributed by atoms with Gasteiger partial charge < -0.3 is 4.74 Å². The maximum Gasteiger partial charge on any atom is 0.0875 e. The van der Waals surface area contributed by atoms with E-state index in [-0.39, 0.29) is 0 Å². The smallest absolute Gasteiger partial charge is 0.0875 e. The summed E-state index contributed by atoms with van der Waals surface area (Å²) in [6, 6.07) is 4.52. The molecule has 6 atom stereocenters. The molecule has 2 fully saturated rings. The van der Waals surface area contributed by atoms with Crippen LogP contribution in [0, 0.1) is 23.7 Å². The molecule has 0 aromatic heterocycles. The normalized spacial score (nSPS) is 45.7. The van der Waals surface area contributed by atoms with E-state index < -0.39 is 0 Å². The minimum atomic E-state index is 0.347. The van der Waals surface area contributed by atoms with E-state index in [0.717, 1.165) is 32.6 Å². The van der Waals surface area contributed by atoms with Crippen molar-refractivity contribution in [3.63, 3.8) is 0 Å². The molecule has 18 heavy (non-hydrogen) atoms. The molecule has 0 amide bonds. The van der Waals surface area contributed by atoms with Crippen LogP contribution < -0.4 is 0 Å². The molecule has 4 aliphatic rings. The van der Waals surface area contributed by atoms with Crippen LogP contribution in [0.4, 0.5) is 0 Å². The molecule has 1 aromatic rings. The minimum Gasteiger partial charge on any atom is -0.365 e. The quantitative estimate of drug-likeness (QED) is 0.600. The molecule has 0 unspecified atom stereocenters. The first-order valence-electron chi connectivity index (χ1n) is 6.56. The highest BCUT2D eigenvalue weighted by Gasteiger charge is 2.61. The van der Waals surface area contributed by atoms with Crippen LogP contribution in [0.5, 0.6) is 0 Å². The molecule has 0 N–H and O–H groups in total. The average molecular weight is 368 g/mol. The maximum absolute atomic E-state index is 6.32. The number of halogens is 2. The molecule has 2 heterocycles. The molecule has 1 saturated heterocycles. The van der Waals surface area contributed by atoms with Crippen molar-refractivity contribution in [1.82, 2.24) is 0 Å². The predicted octanol–water partition coefficient (Wildman–Crippen LogP) is 4.78. The van der Waals surface area contributed by atoms with Crippen LogP contribution >= 0.6 is 31.9 Å². The Bertz CT molecular complexity index is 545. The number of ether oxygens (including phenoxy) is 1. The summed E-state index contributed by atoms with van der Waals surface area (Å²) in [6.07, 6.45) is 6.92. The highest BCUT2D eigenvalue weighted by atomic mass is 79.9. The third-order valence-electron chi connectivity index (χ3n) is 5.31. The number of rotatable bonds is 0. The van der Waals surface area contributed by atoms with E-state index in [4.69, 9.17) is 4.74 Å². The van der Waals surface area contributed by atoms with E-state index in [1.807, 2.05) is 0 Å². The maximum atomic E-state index is 6.32. The standard InChI is InChI=1S/C15H12Br2O/c16-10-4-8-9(5-11(10)17)15-13-7-2-1-6(3-7)12(13)14(8)18-15/h1-2,4-7,12-15H,3H2/t6-,7+,12-,13+,14+,15-. The molecule has 3 heteroatoms. The van der Waals surface area contributed by atoms with Gasteiger partial charge in [0, 0.05) is 20.8 Å². The van der Waals surface area contributed by atoms with Gasteiger partial charge in [-0.05, 0) is 73.4 Å². The van der Waals surface area contributed by atoms with E-state index in [9.17, 15) is 0 Å². The highest BCUT2D eigenvalue weighted by Crippen LogP contribution is 2.68. The third-order valence-corrected chi connectivity index (χ3v) is 7.16. The monoisotopic (exact) mass is 366 g/mol. The van der Waals surface area contributed by atoms with Crippen LogP contribution in [0.1, 0.15) is 29.8 Å². The van der Waals surface area contributed by atoms with Gasteiger partial charge in [0.25, 0.3) is 0 Å². The summed E-state index contributed by atoms with van der Waals surface area (Å²) in [5, 5.41) is 0. The predicted molar refractivity (Wildman–Crippen MR) is 76.1 cm³/mol. The van der Waals surface area contributed by atoms with Crippen molar-refractivity contribution < 1.29 is 4.74 Å². The molecule has 0 spiro atoms. The van der Waals surface area contributed by atoms with Crippen LogP contribution in [0.25, 0.3) is 0 Å². The minimum absolute atomic E-state index is 0.347.